The highest BCUT2D eigenvalue weighted by Crippen LogP contribution is 2.12. The second kappa shape index (κ2) is 13.1. The summed E-state index contributed by atoms with van der Waals surface area (Å²) in [4.78, 5) is 0. The van der Waals surface area contributed by atoms with Crippen molar-refractivity contribution in [3.8, 4) is 0 Å². The molecule has 0 unspecified atom stereocenters. The highest BCUT2D eigenvalue weighted by Gasteiger charge is 2.18. The first-order valence-corrected chi connectivity index (χ1v) is 13.2. The fourth-order valence-electron chi connectivity index (χ4n) is 3.88. The van der Waals surface area contributed by atoms with Crippen LogP contribution in [0.3, 0.4) is 0 Å². The van der Waals surface area contributed by atoms with Crippen LogP contribution in [0.4, 0.5) is 0 Å². The first-order valence-electron chi connectivity index (χ1n) is 12.3. The Hall–Kier alpha value is -5.06. The summed E-state index contributed by atoms with van der Waals surface area (Å²) in [5.74, 6) is 0. The third-order valence-corrected chi connectivity index (χ3v) is 6.08. The van der Waals surface area contributed by atoms with E-state index < -0.39 is 0 Å². The van der Waals surface area contributed by atoms with Crippen LogP contribution in [-0.2, 0) is 0 Å². The highest BCUT2D eigenvalue weighted by atomic mass is 32.1. The maximum atomic E-state index is 5.56. The number of benzene rings is 4. The van der Waals surface area contributed by atoms with Crippen LogP contribution < -0.4 is 21.7 Å². The van der Waals surface area contributed by atoms with Crippen LogP contribution in [-0.4, -0.2) is 33.1 Å². The van der Waals surface area contributed by atoms with Crippen LogP contribution in [0, 0.1) is 0 Å². The molecule has 0 saturated heterocycles. The van der Waals surface area contributed by atoms with Gasteiger partial charge in [0.15, 0.2) is 0 Å². The molecule has 1 aliphatic rings. The van der Waals surface area contributed by atoms with Gasteiger partial charge in [-0.1, -0.05) is 121 Å². The summed E-state index contributed by atoms with van der Waals surface area (Å²) < 4.78 is 0. The van der Waals surface area contributed by atoms with Crippen LogP contribution in [0.25, 0.3) is 0 Å². The van der Waals surface area contributed by atoms with Crippen molar-refractivity contribution < 1.29 is 0 Å². The number of hydrogen-bond acceptors (Lipinski definition) is 6. The Morgan fingerprint density at radius 1 is 0.325 bits per heavy atom. The average molecular weight is 561 g/mol. The van der Waals surface area contributed by atoms with Gasteiger partial charge in [-0.25, -0.2) is 0 Å². The van der Waals surface area contributed by atoms with E-state index in [1.807, 2.05) is 121 Å². The zero-order valence-corrected chi connectivity index (χ0v) is 22.8. The minimum absolute atomic E-state index is 0.190. The number of thiocarbonyl (C=S) groups is 2. The molecule has 0 saturated carbocycles. The van der Waals surface area contributed by atoms with Gasteiger partial charge >= 0.3 is 0 Å². The minimum Gasteiger partial charge on any atom is -0.252 e. The number of hydrazone groups is 4. The van der Waals surface area contributed by atoms with Gasteiger partial charge in [-0.15, -0.1) is 0 Å². The monoisotopic (exact) mass is 560 g/mol. The maximum Gasteiger partial charge on any atom is 0.207 e. The molecule has 4 aromatic rings. The van der Waals surface area contributed by atoms with Crippen molar-refractivity contribution in [1.82, 2.24) is 21.7 Å². The molecule has 0 atom stereocenters. The van der Waals surface area contributed by atoms with E-state index in [-0.39, 0.29) is 10.2 Å². The van der Waals surface area contributed by atoms with Gasteiger partial charge in [0.2, 0.25) is 10.2 Å². The molecule has 0 aliphatic carbocycles. The predicted octanol–water partition coefficient (Wildman–Crippen LogP) is 4.55. The summed E-state index contributed by atoms with van der Waals surface area (Å²) in [6, 6.07) is 38.7. The first kappa shape index (κ1) is 26.5. The van der Waals surface area contributed by atoms with Crippen molar-refractivity contribution in [3.05, 3.63) is 144 Å². The van der Waals surface area contributed by atoms with E-state index in [0.717, 1.165) is 22.3 Å². The lowest BCUT2D eigenvalue weighted by molar-refractivity contribution is 0.917. The Kier molecular flexibility index (Phi) is 8.72. The summed E-state index contributed by atoms with van der Waals surface area (Å²) >= 11 is 11.1. The molecular weight excluding hydrogens is 537 g/mol. The number of nitrogens with zero attached hydrogens (tertiary/aromatic N) is 4. The summed E-state index contributed by atoms with van der Waals surface area (Å²) in [6.45, 7) is 0. The van der Waals surface area contributed by atoms with Crippen molar-refractivity contribution in [2.45, 2.75) is 0 Å². The molecule has 8 nitrogen and oxygen atoms in total. The standard InChI is InChI=1S/C30H24N8S2/c39-29-35-31-25(21-13-5-1-6-14-21)26(22-15-7-2-8-16-22)32-36-30(40)38-34-28(24-19-11-4-12-20-24)27(33-37-29)23-17-9-3-10-18-23/h1-20H,(H2,35,37,39)(H2,36,38,40)/b31-25-,32-26+,33-27+,34-28-. The lowest BCUT2D eigenvalue weighted by atomic mass is 10.00. The maximum absolute atomic E-state index is 5.56. The van der Waals surface area contributed by atoms with E-state index in [4.69, 9.17) is 24.4 Å². The van der Waals surface area contributed by atoms with Crippen LogP contribution in [0.1, 0.15) is 22.3 Å². The Morgan fingerprint density at radius 2 is 0.525 bits per heavy atom. The molecule has 0 radical (unpaired) electrons. The molecular formula is C30H24N8S2. The second-order valence-electron chi connectivity index (χ2n) is 8.41. The van der Waals surface area contributed by atoms with Crippen molar-refractivity contribution in [2.75, 3.05) is 0 Å². The van der Waals surface area contributed by atoms with Gasteiger partial charge in [0.25, 0.3) is 0 Å². The molecule has 1 heterocycles. The first-order chi connectivity index (χ1) is 19.7. The molecule has 4 N–H and O–H groups in total. The quantitative estimate of drug-likeness (QED) is 0.274. The third kappa shape index (κ3) is 6.68. The summed E-state index contributed by atoms with van der Waals surface area (Å²) in [5.41, 5.74) is 17.2. The van der Waals surface area contributed by atoms with E-state index in [0.29, 0.717) is 22.8 Å². The zero-order valence-electron chi connectivity index (χ0n) is 21.2. The van der Waals surface area contributed by atoms with Gasteiger partial charge in [0.1, 0.15) is 22.8 Å². The fourth-order valence-corrected chi connectivity index (χ4v) is 4.06. The van der Waals surface area contributed by atoms with E-state index in [2.05, 4.69) is 42.1 Å². The minimum atomic E-state index is 0.190. The number of nitrogens with one attached hydrogen (secondary N) is 4. The van der Waals surface area contributed by atoms with Crippen molar-refractivity contribution >= 4 is 57.5 Å². The van der Waals surface area contributed by atoms with Gasteiger partial charge < -0.3 is 0 Å². The molecule has 5 rings (SSSR count). The molecule has 196 valence electrons. The van der Waals surface area contributed by atoms with Gasteiger partial charge in [-0.3, -0.25) is 21.7 Å². The normalized spacial score (nSPS) is 19.7. The van der Waals surface area contributed by atoms with Crippen LogP contribution >= 0.6 is 24.4 Å². The van der Waals surface area contributed by atoms with Crippen molar-refractivity contribution in [1.29, 1.82) is 0 Å². The molecule has 10 heteroatoms. The zero-order chi connectivity index (χ0) is 27.6. The molecule has 0 fully saturated rings. The van der Waals surface area contributed by atoms with Crippen molar-refractivity contribution in [3.63, 3.8) is 0 Å². The Morgan fingerprint density at radius 3 is 0.725 bits per heavy atom. The third-order valence-electron chi connectivity index (χ3n) is 5.71. The van der Waals surface area contributed by atoms with Gasteiger partial charge in [0.05, 0.1) is 0 Å². The molecule has 1 aliphatic heterocycles. The second-order valence-corrected chi connectivity index (χ2v) is 9.23. The van der Waals surface area contributed by atoms with E-state index >= 15 is 0 Å². The molecule has 0 amide bonds. The Bertz CT molecular complexity index is 1360. The Balaban J connectivity index is 1.62. The molecule has 40 heavy (non-hydrogen) atoms. The Labute approximate surface area is 242 Å². The van der Waals surface area contributed by atoms with Crippen LogP contribution in [0.5, 0.6) is 0 Å². The van der Waals surface area contributed by atoms with Gasteiger partial charge in [-0.2, -0.15) is 20.4 Å². The largest absolute Gasteiger partial charge is 0.252 e. The van der Waals surface area contributed by atoms with E-state index in [1.54, 1.807) is 0 Å². The lowest BCUT2D eigenvalue weighted by Gasteiger charge is -2.15. The number of rotatable bonds is 4. The molecule has 0 spiro atoms. The van der Waals surface area contributed by atoms with E-state index in [1.165, 1.54) is 0 Å². The SMILES string of the molecule is S=C1N/N=C(c2ccccc2)\C(c2ccccc2)=N\NC(=S)N/N=C(c2ccccc2)\C(c2ccccc2)=N\N1. The topological polar surface area (TPSA) is 97.6 Å². The summed E-state index contributed by atoms with van der Waals surface area (Å²) in [5, 5.41) is 19.0. The number of hydrogen-bond donors (Lipinski definition) is 4. The lowest BCUT2D eigenvalue weighted by Crippen LogP contribution is -2.36. The smallest absolute Gasteiger partial charge is 0.207 e. The highest BCUT2D eigenvalue weighted by molar-refractivity contribution is 7.80. The van der Waals surface area contributed by atoms with Crippen molar-refractivity contribution in [2.24, 2.45) is 20.4 Å². The van der Waals surface area contributed by atoms with Crippen LogP contribution in [0.15, 0.2) is 142 Å². The summed E-state index contributed by atoms with van der Waals surface area (Å²) in [6.07, 6.45) is 0. The molecule has 0 aromatic heterocycles. The average Bonchev–Trinajstić information content (AvgIpc) is 3.01. The fraction of sp³-hybridized carbons (Fsp3) is 0. The van der Waals surface area contributed by atoms with Gasteiger partial charge in [-0.05, 0) is 24.4 Å². The molecule has 0 bridgehead atoms. The van der Waals surface area contributed by atoms with Gasteiger partial charge in [0, 0.05) is 22.3 Å². The van der Waals surface area contributed by atoms with E-state index in [9.17, 15) is 0 Å². The van der Waals surface area contributed by atoms with Crippen LogP contribution in [0.2, 0.25) is 0 Å². The predicted molar refractivity (Wildman–Crippen MR) is 170 cm³/mol. The molecule has 4 aromatic carbocycles. The summed E-state index contributed by atoms with van der Waals surface area (Å²) in [7, 11) is 0.